The van der Waals surface area contributed by atoms with E-state index < -0.39 is 18.0 Å². The lowest BCUT2D eigenvalue weighted by Gasteiger charge is -2.12. The average Bonchev–Trinajstić information content (AvgIpc) is 3.06. The molecule has 27 heavy (non-hydrogen) atoms. The lowest BCUT2D eigenvalue weighted by Crippen LogP contribution is -2.30. The summed E-state index contributed by atoms with van der Waals surface area (Å²) in [6.07, 6.45) is -1.08. The Morgan fingerprint density at radius 3 is 2.78 bits per heavy atom. The highest BCUT2D eigenvalue weighted by Gasteiger charge is 2.23. The first-order valence-electron chi connectivity index (χ1n) is 8.10. The number of anilines is 1. The van der Waals surface area contributed by atoms with E-state index >= 15 is 0 Å². The highest BCUT2D eigenvalue weighted by Crippen LogP contribution is 2.12. The van der Waals surface area contributed by atoms with Gasteiger partial charge in [-0.2, -0.15) is 10.2 Å². The molecule has 1 N–H and O–H groups in total. The fourth-order valence-electron chi connectivity index (χ4n) is 2.43. The number of hydrogen-bond acceptors (Lipinski definition) is 7. The summed E-state index contributed by atoms with van der Waals surface area (Å²) in [4.78, 5) is 32.7. The predicted octanol–water partition coefficient (Wildman–Crippen LogP) is 1.80. The number of aryl methyl sites for hydroxylation is 2. The number of benzene rings is 1. The molecule has 0 unspecified atom stereocenters. The number of esters is 1. The van der Waals surface area contributed by atoms with Gasteiger partial charge in [0.2, 0.25) is 0 Å². The van der Waals surface area contributed by atoms with Crippen LogP contribution in [-0.2, 0) is 9.53 Å². The fourth-order valence-corrected chi connectivity index (χ4v) is 2.43. The standard InChI is InChI=1S/C18H16N6O3/c1-10-7-11(2)24-18(20-10)22-15(23-24)17(26)27-12(3)16(25)21-14-6-4-5-13(8-14)9-19/h4-8,12H,1-3H3,(H,21,25)/t12-/m0/s1. The maximum absolute atomic E-state index is 12.3. The van der Waals surface area contributed by atoms with E-state index in [1.54, 1.807) is 18.2 Å². The Morgan fingerprint density at radius 1 is 1.26 bits per heavy atom. The first-order valence-corrected chi connectivity index (χ1v) is 8.10. The number of nitrogens with one attached hydrogen (secondary N) is 1. The van der Waals surface area contributed by atoms with Crippen molar-refractivity contribution in [1.82, 2.24) is 19.6 Å². The van der Waals surface area contributed by atoms with Crippen molar-refractivity contribution in [2.24, 2.45) is 0 Å². The number of nitriles is 1. The van der Waals surface area contributed by atoms with E-state index in [-0.39, 0.29) is 11.6 Å². The van der Waals surface area contributed by atoms with Crippen molar-refractivity contribution >= 4 is 23.3 Å². The monoisotopic (exact) mass is 364 g/mol. The molecule has 3 rings (SSSR count). The molecule has 136 valence electrons. The van der Waals surface area contributed by atoms with Crippen LogP contribution in [0.1, 0.15) is 34.5 Å². The third kappa shape index (κ3) is 3.90. The topological polar surface area (TPSA) is 122 Å². The molecule has 0 bridgehead atoms. The highest BCUT2D eigenvalue weighted by atomic mass is 16.5. The molecule has 2 heterocycles. The van der Waals surface area contributed by atoms with E-state index in [4.69, 9.17) is 10.00 Å². The summed E-state index contributed by atoms with van der Waals surface area (Å²) in [6, 6.07) is 10.2. The number of amides is 1. The summed E-state index contributed by atoms with van der Waals surface area (Å²) in [5.74, 6) is -1.26. The van der Waals surface area contributed by atoms with Crippen LogP contribution in [0.3, 0.4) is 0 Å². The number of carbonyl (C=O) groups is 2. The van der Waals surface area contributed by atoms with Gasteiger partial charge in [-0.05, 0) is 45.0 Å². The fraction of sp³-hybridized carbons (Fsp3) is 0.222. The Labute approximate surface area is 154 Å². The smallest absolute Gasteiger partial charge is 0.379 e. The van der Waals surface area contributed by atoms with E-state index in [0.29, 0.717) is 11.3 Å². The zero-order chi connectivity index (χ0) is 19.6. The molecule has 1 aromatic carbocycles. The molecule has 1 atom stereocenters. The minimum absolute atomic E-state index is 0.178. The third-order valence-electron chi connectivity index (χ3n) is 3.71. The van der Waals surface area contributed by atoms with Gasteiger partial charge in [-0.3, -0.25) is 4.79 Å². The van der Waals surface area contributed by atoms with Crippen molar-refractivity contribution in [3.8, 4) is 6.07 Å². The second-order valence-corrected chi connectivity index (χ2v) is 5.92. The van der Waals surface area contributed by atoms with Crippen LogP contribution in [-0.4, -0.2) is 37.6 Å². The first kappa shape index (κ1) is 18.0. The summed E-state index contributed by atoms with van der Waals surface area (Å²) in [5.41, 5.74) is 2.36. The Kier molecular flexibility index (Phi) is 4.81. The lowest BCUT2D eigenvalue weighted by molar-refractivity contribution is -0.123. The predicted molar refractivity (Wildman–Crippen MR) is 94.9 cm³/mol. The number of fused-ring (bicyclic) bond motifs is 1. The van der Waals surface area contributed by atoms with E-state index in [1.165, 1.54) is 17.5 Å². The molecule has 0 radical (unpaired) electrons. The van der Waals surface area contributed by atoms with Crippen molar-refractivity contribution in [3.05, 3.63) is 53.1 Å². The van der Waals surface area contributed by atoms with Gasteiger partial charge >= 0.3 is 5.97 Å². The Bertz CT molecular complexity index is 1080. The zero-order valence-electron chi connectivity index (χ0n) is 14.9. The van der Waals surface area contributed by atoms with Crippen LogP contribution < -0.4 is 5.32 Å². The number of nitrogens with zero attached hydrogens (tertiary/aromatic N) is 5. The molecule has 9 heteroatoms. The van der Waals surface area contributed by atoms with Crippen LogP contribution in [0.5, 0.6) is 0 Å². The summed E-state index contributed by atoms with van der Waals surface area (Å²) >= 11 is 0. The van der Waals surface area contributed by atoms with Crippen LogP contribution in [0, 0.1) is 25.2 Å². The molecule has 0 saturated heterocycles. The summed E-state index contributed by atoms with van der Waals surface area (Å²) in [7, 11) is 0. The maximum Gasteiger partial charge on any atom is 0.379 e. The lowest BCUT2D eigenvalue weighted by atomic mass is 10.2. The maximum atomic E-state index is 12.3. The number of rotatable bonds is 4. The van der Waals surface area contributed by atoms with Gasteiger partial charge in [0.1, 0.15) is 0 Å². The van der Waals surface area contributed by atoms with Crippen molar-refractivity contribution in [2.75, 3.05) is 5.32 Å². The van der Waals surface area contributed by atoms with Crippen LogP contribution in [0.25, 0.3) is 5.78 Å². The Morgan fingerprint density at radius 2 is 2.04 bits per heavy atom. The number of ether oxygens (including phenoxy) is 1. The molecule has 0 aliphatic heterocycles. The number of carbonyl (C=O) groups excluding carboxylic acids is 2. The molecule has 0 spiro atoms. The molecule has 2 aromatic heterocycles. The second kappa shape index (κ2) is 7.21. The summed E-state index contributed by atoms with van der Waals surface area (Å²) < 4.78 is 6.58. The van der Waals surface area contributed by atoms with E-state index in [1.807, 2.05) is 26.0 Å². The van der Waals surface area contributed by atoms with Crippen molar-refractivity contribution in [2.45, 2.75) is 26.9 Å². The summed E-state index contributed by atoms with van der Waals surface area (Å²) in [6.45, 7) is 5.06. The van der Waals surface area contributed by atoms with Gasteiger partial charge in [0.25, 0.3) is 17.5 Å². The molecule has 3 aromatic rings. The minimum atomic E-state index is -1.08. The molecule has 9 nitrogen and oxygen atoms in total. The highest BCUT2D eigenvalue weighted by molar-refractivity contribution is 5.96. The van der Waals surface area contributed by atoms with Crippen molar-refractivity contribution < 1.29 is 14.3 Å². The summed E-state index contributed by atoms with van der Waals surface area (Å²) in [5, 5.41) is 15.6. The van der Waals surface area contributed by atoms with Gasteiger partial charge in [-0.25, -0.2) is 14.3 Å². The van der Waals surface area contributed by atoms with Crippen molar-refractivity contribution in [1.29, 1.82) is 5.26 Å². The van der Waals surface area contributed by atoms with Gasteiger partial charge in [-0.15, -0.1) is 5.10 Å². The number of aromatic nitrogens is 4. The van der Waals surface area contributed by atoms with Crippen LogP contribution in [0.2, 0.25) is 0 Å². The van der Waals surface area contributed by atoms with Crippen molar-refractivity contribution in [3.63, 3.8) is 0 Å². The van der Waals surface area contributed by atoms with Crippen LogP contribution in [0.15, 0.2) is 30.3 Å². The zero-order valence-corrected chi connectivity index (χ0v) is 14.9. The third-order valence-corrected chi connectivity index (χ3v) is 3.71. The second-order valence-electron chi connectivity index (χ2n) is 5.92. The number of hydrogen-bond donors (Lipinski definition) is 1. The Hall–Kier alpha value is -3.80. The molecule has 0 aliphatic rings. The van der Waals surface area contributed by atoms with Gasteiger partial charge in [-0.1, -0.05) is 6.07 Å². The molecule has 0 saturated carbocycles. The molecular formula is C18H16N6O3. The minimum Gasteiger partial charge on any atom is -0.447 e. The SMILES string of the molecule is Cc1cc(C)n2nc(C(=O)O[C@@H](C)C(=O)Nc3cccc(C#N)c3)nc2n1. The first-order chi connectivity index (χ1) is 12.9. The average molecular weight is 364 g/mol. The van der Waals surface area contributed by atoms with Gasteiger partial charge in [0.15, 0.2) is 6.10 Å². The quantitative estimate of drug-likeness (QED) is 0.700. The molecule has 0 fully saturated rings. The normalized spacial score (nSPS) is 11.6. The van der Waals surface area contributed by atoms with Gasteiger partial charge in [0.05, 0.1) is 11.6 Å². The van der Waals surface area contributed by atoms with Gasteiger partial charge < -0.3 is 10.1 Å². The van der Waals surface area contributed by atoms with Gasteiger partial charge in [0, 0.05) is 17.1 Å². The Balaban J connectivity index is 1.70. The van der Waals surface area contributed by atoms with E-state index in [9.17, 15) is 9.59 Å². The molecule has 1 amide bonds. The van der Waals surface area contributed by atoms with Crippen LogP contribution in [0.4, 0.5) is 5.69 Å². The molecule has 0 aliphatic carbocycles. The van der Waals surface area contributed by atoms with Crippen LogP contribution >= 0.6 is 0 Å². The van der Waals surface area contributed by atoms with E-state index in [0.717, 1.165) is 11.4 Å². The van der Waals surface area contributed by atoms with E-state index in [2.05, 4.69) is 20.4 Å². The molecular weight excluding hydrogens is 348 g/mol. The largest absolute Gasteiger partial charge is 0.447 e.